The van der Waals surface area contributed by atoms with E-state index in [0.717, 1.165) is 0 Å². The van der Waals surface area contributed by atoms with Gasteiger partial charge in [0.2, 0.25) is 6.71 Å². The van der Waals surface area contributed by atoms with Crippen molar-refractivity contribution in [3.8, 4) is 39.2 Å². The fraction of sp³-hybridized carbons (Fsp3) is 0.0222. The highest BCUT2D eigenvalue weighted by molar-refractivity contribution is 6.97. The fourth-order valence-electron chi connectivity index (χ4n) is 8.48. The van der Waals surface area contributed by atoms with E-state index in [1.165, 1.54) is 83.2 Å². The van der Waals surface area contributed by atoms with Gasteiger partial charge in [0.25, 0.3) is 0 Å². The number of rotatable bonds is 3. The second-order valence-corrected chi connectivity index (χ2v) is 12.8. The van der Waals surface area contributed by atoms with Crippen LogP contribution >= 0.6 is 0 Å². The van der Waals surface area contributed by atoms with E-state index in [2.05, 4.69) is 180 Å². The first-order valence-electron chi connectivity index (χ1n) is 16.5. The predicted octanol–water partition coefficient (Wildman–Crippen LogP) is 8.95. The Kier molecular flexibility index (Phi) is 5.80. The summed E-state index contributed by atoms with van der Waals surface area (Å²) in [6, 6.07) is 65.2. The molecule has 0 radical (unpaired) electrons. The summed E-state index contributed by atoms with van der Waals surface area (Å²) in [6.45, 7) is 0.0926. The summed E-state index contributed by atoms with van der Waals surface area (Å²) >= 11 is 0. The molecule has 0 bridgehead atoms. The molecule has 0 fully saturated rings. The summed E-state index contributed by atoms with van der Waals surface area (Å²) in [5, 5.41) is 1.28. The molecule has 2 aliphatic rings. The van der Waals surface area contributed by atoms with Crippen molar-refractivity contribution >= 4 is 34.0 Å². The van der Waals surface area contributed by atoms with Gasteiger partial charge in [0.05, 0.1) is 11.2 Å². The Hall–Kier alpha value is -5.86. The lowest BCUT2D eigenvalue weighted by molar-refractivity contribution is 1.02. The molecule has 0 saturated carbocycles. The lowest BCUT2D eigenvalue weighted by Gasteiger charge is -2.20. The minimum Gasteiger partial charge on any atom is -0.309 e. The molecule has 0 N–H and O–H groups in total. The van der Waals surface area contributed by atoms with Gasteiger partial charge in [-0.15, -0.1) is 0 Å². The molecule has 7 aromatic carbocycles. The van der Waals surface area contributed by atoms with E-state index in [9.17, 15) is 0 Å². The van der Waals surface area contributed by atoms with Crippen molar-refractivity contribution in [3.63, 3.8) is 0 Å². The summed E-state index contributed by atoms with van der Waals surface area (Å²) in [5.74, 6) is 0.242. The van der Waals surface area contributed by atoms with Crippen LogP contribution in [0.25, 0.3) is 50.1 Å². The lowest BCUT2D eigenvalue weighted by Crippen LogP contribution is -2.52. The van der Waals surface area contributed by atoms with Gasteiger partial charge in [-0.2, -0.15) is 0 Å². The molecule has 0 spiro atoms. The monoisotopic (exact) mass is 595 g/mol. The van der Waals surface area contributed by atoms with E-state index in [0.29, 0.717) is 0 Å². The maximum absolute atomic E-state index is 2.47. The number of benzene rings is 7. The first kappa shape index (κ1) is 26.4. The molecule has 8 aromatic rings. The summed E-state index contributed by atoms with van der Waals surface area (Å²) in [6.07, 6.45) is 0. The van der Waals surface area contributed by atoms with Crippen molar-refractivity contribution < 1.29 is 0 Å². The van der Waals surface area contributed by atoms with E-state index >= 15 is 0 Å². The van der Waals surface area contributed by atoms with Gasteiger partial charge in [-0.25, -0.2) is 0 Å². The zero-order valence-electron chi connectivity index (χ0n) is 25.8. The molecule has 47 heavy (non-hydrogen) atoms. The molecule has 1 aliphatic heterocycles. The molecule has 1 aliphatic carbocycles. The Morgan fingerprint density at radius 3 is 1.66 bits per heavy atom. The maximum atomic E-state index is 2.47. The second-order valence-electron chi connectivity index (χ2n) is 12.8. The van der Waals surface area contributed by atoms with E-state index in [1.807, 2.05) is 0 Å². The minimum atomic E-state index is 0.0926. The molecule has 10 rings (SSSR count). The van der Waals surface area contributed by atoms with Crippen LogP contribution in [-0.2, 0) is 0 Å². The third-order valence-electron chi connectivity index (χ3n) is 10.4. The number of nitrogens with zero attached hydrogens (tertiary/aromatic N) is 1. The normalized spacial score (nSPS) is 13.0. The molecule has 0 saturated heterocycles. The van der Waals surface area contributed by atoms with Gasteiger partial charge < -0.3 is 4.57 Å². The highest BCUT2D eigenvalue weighted by Crippen LogP contribution is 2.48. The van der Waals surface area contributed by atoms with Gasteiger partial charge in [0, 0.05) is 22.6 Å². The average Bonchev–Trinajstić information content (AvgIpc) is 3.62. The van der Waals surface area contributed by atoms with Crippen molar-refractivity contribution in [2.24, 2.45) is 0 Å². The molecular formula is C45H30BN. The Morgan fingerprint density at radius 1 is 0.426 bits per heavy atom. The predicted molar refractivity (Wildman–Crippen MR) is 198 cm³/mol. The standard InChI is InChI=1S/C45H30BN/c1-2-14-32(15-3-1)47-42-25-13-10-22-39(42)44-37-20-8-11-23-40(37)46(41-24-12-9-21-38(41)45(44)47)31-28-26-30(27-29-31)43-35-18-6-4-16-33(35)34-17-5-7-19-36(34)43/h1-29,43H. The fourth-order valence-corrected chi connectivity index (χ4v) is 8.48. The number of aromatic nitrogens is 1. The zero-order chi connectivity index (χ0) is 30.9. The van der Waals surface area contributed by atoms with Crippen molar-refractivity contribution in [3.05, 3.63) is 193 Å². The highest BCUT2D eigenvalue weighted by atomic mass is 15.0. The molecular weight excluding hydrogens is 565 g/mol. The van der Waals surface area contributed by atoms with Crippen LogP contribution in [0.1, 0.15) is 22.6 Å². The summed E-state index contributed by atoms with van der Waals surface area (Å²) < 4.78 is 2.47. The SMILES string of the molecule is c1ccc(-n2c3c(c4ccccc42)-c2ccccc2B(c2ccc(C4c5ccccc5-c5ccccc54)cc2)c2ccccc2-3)cc1. The van der Waals surface area contributed by atoms with E-state index in [-0.39, 0.29) is 12.6 Å². The van der Waals surface area contributed by atoms with Crippen molar-refractivity contribution in [1.82, 2.24) is 4.57 Å². The molecule has 218 valence electrons. The van der Waals surface area contributed by atoms with Gasteiger partial charge in [0.15, 0.2) is 0 Å². The van der Waals surface area contributed by atoms with Crippen molar-refractivity contribution in [2.75, 3.05) is 0 Å². The Balaban J connectivity index is 1.19. The van der Waals surface area contributed by atoms with Crippen molar-refractivity contribution in [1.29, 1.82) is 0 Å². The van der Waals surface area contributed by atoms with Gasteiger partial charge in [-0.05, 0) is 57.1 Å². The second kappa shape index (κ2) is 10.3. The van der Waals surface area contributed by atoms with Crippen LogP contribution in [0.15, 0.2) is 176 Å². The molecule has 1 aromatic heterocycles. The number of fused-ring (bicyclic) bond motifs is 10. The van der Waals surface area contributed by atoms with Gasteiger partial charge in [-0.3, -0.25) is 0 Å². The van der Waals surface area contributed by atoms with Crippen molar-refractivity contribution in [2.45, 2.75) is 5.92 Å². The smallest absolute Gasteiger partial charge is 0.242 e. The summed E-state index contributed by atoms with van der Waals surface area (Å²) in [7, 11) is 0. The number of hydrogen-bond acceptors (Lipinski definition) is 0. The van der Waals surface area contributed by atoms with Crippen LogP contribution in [0.2, 0.25) is 0 Å². The summed E-state index contributed by atoms with van der Waals surface area (Å²) in [4.78, 5) is 0. The first-order valence-corrected chi connectivity index (χ1v) is 16.5. The maximum Gasteiger partial charge on any atom is 0.242 e. The average molecular weight is 596 g/mol. The van der Waals surface area contributed by atoms with Crippen LogP contribution in [0, 0.1) is 0 Å². The third kappa shape index (κ3) is 3.85. The lowest BCUT2D eigenvalue weighted by atomic mass is 9.36. The van der Waals surface area contributed by atoms with Crippen LogP contribution in [0.3, 0.4) is 0 Å². The highest BCUT2D eigenvalue weighted by Gasteiger charge is 2.35. The molecule has 2 heteroatoms. The topological polar surface area (TPSA) is 4.93 Å². The van der Waals surface area contributed by atoms with Crippen LogP contribution in [-0.4, -0.2) is 11.3 Å². The largest absolute Gasteiger partial charge is 0.309 e. The van der Waals surface area contributed by atoms with E-state index in [1.54, 1.807) is 0 Å². The number of para-hydroxylation sites is 2. The minimum absolute atomic E-state index is 0.0926. The van der Waals surface area contributed by atoms with Gasteiger partial charge >= 0.3 is 0 Å². The van der Waals surface area contributed by atoms with E-state index < -0.39 is 0 Å². The molecule has 1 nitrogen and oxygen atoms in total. The first-order chi connectivity index (χ1) is 23.4. The molecule has 0 unspecified atom stereocenters. The third-order valence-corrected chi connectivity index (χ3v) is 10.4. The van der Waals surface area contributed by atoms with Crippen LogP contribution in [0.5, 0.6) is 0 Å². The van der Waals surface area contributed by atoms with Crippen LogP contribution in [0.4, 0.5) is 0 Å². The van der Waals surface area contributed by atoms with Gasteiger partial charge in [-0.1, -0.05) is 174 Å². The quantitative estimate of drug-likeness (QED) is 0.180. The Labute approximate surface area is 275 Å². The Bertz CT molecular complexity index is 2420. The number of hydrogen-bond donors (Lipinski definition) is 0. The summed E-state index contributed by atoms with van der Waals surface area (Å²) in [5.41, 5.74) is 18.4. The van der Waals surface area contributed by atoms with Gasteiger partial charge in [0.1, 0.15) is 0 Å². The Morgan fingerprint density at radius 2 is 0.957 bits per heavy atom. The van der Waals surface area contributed by atoms with Crippen LogP contribution < -0.4 is 16.4 Å². The molecule has 0 amide bonds. The molecule has 2 heterocycles. The zero-order valence-corrected chi connectivity index (χ0v) is 25.8. The van der Waals surface area contributed by atoms with E-state index in [4.69, 9.17) is 0 Å². The molecule has 0 atom stereocenters.